The van der Waals surface area contributed by atoms with Gasteiger partial charge in [-0.25, -0.2) is 4.79 Å². The van der Waals surface area contributed by atoms with E-state index in [1.54, 1.807) is 0 Å². The number of benzene rings is 1. The molecule has 37 heavy (non-hydrogen) atoms. The van der Waals surface area contributed by atoms with Crippen LogP contribution < -0.4 is 16.0 Å². The summed E-state index contributed by atoms with van der Waals surface area (Å²) < 4.78 is 39.8. The second-order valence-corrected chi connectivity index (χ2v) is 9.29. The number of likely N-dealkylation sites (N-methyl/N-ethyl adjacent to an activating group) is 1. The van der Waals surface area contributed by atoms with Crippen LogP contribution in [-0.2, 0) is 15.8 Å². The van der Waals surface area contributed by atoms with Crippen molar-refractivity contribution in [3.8, 4) is 0 Å². The van der Waals surface area contributed by atoms with Crippen molar-refractivity contribution in [3.05, 3.63) is 29.3 Å². The number of hydrogen-bond acceptors (Lipinski definition) is 7. The Hall–Kier alpha value is -2.90. The van der Waals surface area contributed by atoms with Crippen LogP contribution in [-0.4, -0.2) is 84.4 Å². The van der Waals surface area contributed by atoms with Crippen molar-refractivity contribution >= 4 is 23.6 Å². The zero-order chi connectivity index (χ0) is 27.8. The van der Waals surface area contributed by atoms with Crippen LogP contribution in [0.4, 0.5) is 23.7 Å². The monoisotopic (exact) mass is 531 g/mol. The molecule has 0 aromatic heterocycles. The van der Waals surface area contributed by atoms with Crippen LogP contribution in [0.3, 0.4) is 0 Å². The number of hydroxylamine groups is 2. The van der Waals surface area contributed by atoms with E-state index in [1.165, 1.54) is 5.06 Å². The molecule has 1 saturated heterocycles. The Morgan fingerprint density at radius 3 is 2.43 bits per heavy atom. The maximum absolute atomic E-state index is 13.3. The lowest BCUT2D eigenvalue weighted by atomic mass is 10.1. The number of carbonyl (C=O) groups excluding carboxylic acids is 3. The largest absolute Gasteiger partial charge is 0.430 e. The maximum Gasteiger partial charge on any atom is 0.430 e. The van der Waals surface area contributed by atoms with E-state index >= 15 is 0 Å². The van der Waals surface area contributed by atoms with E-state index in [-0.39, 0.29) is 11.7 Å². The van der Waals surface area contributed by atoms with Gasteiger partial charge in [0.25, 0.3) is 5.91 Å². The first-order valence-electron chi connectivity index (χ1n) is 12.2. The fourth-order valence-electron chi connectivity index (χ4n) is 3.44. The van der Waals surface area contributed by atoms with Gasteiger partial charge in [0.05, 0.1) is 35.5 Å². The number of aliphatic hydroxyl groups is 1. The predicted molar refractivity (Wildman–Crippen MR) is 131 cm³/mol. The summed E-state index contributed by atoms with van der Waals surface area (Å²) in [7, 11) is 1.85. The average Bonchev–Trinajstić information content (AvgIpc) is 2.79. The summed E-state index contributed by atoms with van der Waals surface area (Å²) in [4.78, 5) is 44.4. The van der Waals surface area contributed by atoms with Crippen LogP contribution in [0, 0.1) is 0 Å². The molecule has 1 aromatic rings. The van der Waals surface area contributed by atoms with E-state index in [0.29, 0.717) is 38.5 Å². The van der Waals surface area contributed by atoms with E-state index in [1.807, 2.05) is 32.7 Å². The second kappa shape index (κ2) is 13.6. The highest BCUT2D eigenvalue weighted by atomic mass is 19.4. The lowest BCUT2D eigenvalue weighted by Gasteiger charge is -2.30. The van der Waals surface area contributed by atoms with E-state index < -0.39 is 53.9 Å². The third-order valence-corrected chi connectivity index (χ3v) is 6.03. The Bertz CT molecular complexity index is 940. The van der Waals surface area contributed by atoms with Crippen molar-refractivity contribution in [2.24, 2.45) is 0 Å². The molecule has 0 bridgehead atoms. The molecule has 0 unspecified atom stereocenters. The molecule has 4 N–H and O–H groups in total. The molecule has 10 nitrogen and oxygen atoms in total. The Morgan fingerprint density at radius 2 is 1.89 bits per heavy atom. The summed E-state index contributed by atoms with van der Waals surface area (Å²) in [6.07, 6.45) is -4.51. The summed E-state index contributed by atoms with van der Waals surface area (Å²) in [6.45, 7) is 6.70. The molecule has 3 amide bonds. The molecular weight excluding hydrogens is 495 g/mol. The number of aliphatic hydroxyl groups excluding tert-OH is 1. The van der Waals surface area contributed by atoms with Crippen molar-refractivity contribution < 1.29 is 37.5 Å². The fourth-order valence-corrected chi connectivity index (χ4v) is 3.44. The minimum atomic E-state index is -4.73. The van der Waals surface area contributed by atoms with Crippen molar-refractivity contribution in [1.82, 2.24) is 20.6 Å². The van der Waals surface area contributed by atoms with Crippen LogP contribution in [0.2, 0.25) is 0 Å². The summed E-state index contributed by atoms with van der Waals surface area (Å²) >= 11 is 0. The van der Waals surface area contributed by atoms with Gasteiger partial charge in [-0.3, -0.25) is 14.9 Å². The zero-order valence-corrected chi connectivity index (χ0v) is 21.5. The number of carbonyl (C=O) groups is 3. The smallest absolute Gasteiger partial charge is 0.391 e. The van der Waals surface area contributed by atoms with E-state index in [0.717, 1.165) is 18.6 Å². The summed E-state index contributed by atoms with van der Waals surface area (Å²) in [5, 5.41) is 19.1. The third-order valence-electron chi connectivity index (χ3n) is 6.03. The van der Waals surface area contributed by atoms with E-state index in [9.17, 15) is 32.7 Å². The Balaban J connectivity index is 2.10. The van der Waals surface area contributed by atoms with Crippen molar-refractivity contribution in [3.63, 3.8) is 0 Å². The highest BCUT2D eigenvalue weighted by molar-refractivity contribution is 6.03. The lowest BCUT2D eigenvalue weighted by Crippen LogP contribution is -2.52. The van der Waals surface area contributed by atoms with Crippen molar-refractivity contribution in [2.75, 3.05) is 38.5 Å². The first-order chi connectivity index (χ1) is 17.3. The molecule has 208 valence electrons. The van der Waals surface area contributed by atoms with Crippen molar-refractivity contribution in [1.29, 1.82) is 0 Å². The molecule has 2 atom stereocenters. The zero-order valence-electron chi connectivity index (χ0n) is 21.5. The first kappa shape index (κ1) is 30.3. The molecule has 0 aliphatic carbocycles. The van der Waals surface area contributed by atoms with Gasteiger partial charge in [-0.2, -0.15) is 13.2 Å². The van der Waals surface area contributed by atoms with Gasteiger partial charge in [-0.05, 0) is 51.9 Å². The van der Waals surface area contributed by atoms with Crippen LogP contribution in [0.5, 0.6) is 0 Å². The summed E-state index contributed by atoms with van der Waals surface area (Å²) in [6, 6.07) is 1.82. The molecule has 1 aliphatic heterocycles. The van der Waals surface area contributed by atoms with Gasteiger partial charge < -0.3 is 25.5 Å². The highest BCUT2D eigenvalue weighted by Crippen LogP contribution is 2.32. The van der Waals surface area contributed by atoms with Gasteiger partial charge in [0, 0.05) is 25.7 Å². The van der Waals surface area contributed by atoms with Gasteiger partial charge in [0.15, 0.2) is 0 Å². The van der Waals surface area contributed by atoms with E-state index in [4.69, 9.17) is 4.84 Å². The SMILES string of the molecule is CCC[C@H](O)[C@H](CN(C)C(C)C)NC(=O)CNC(=O)c1cc(C(F)(F)F)ccc1NC(=O)ON1CCC1. The first-order valence-corrected chi connectivity index (χ1v) is 12.2. The molecule has 2 rings (SSSR count). The third kappa shape index (κ3) is 9.48. The molecular formula is C24H36F3N5O5. The second-order valence-electron chi connectivity index (χ2n) is 9.29. The topological polar surface area (TPSA) is 123 Å². The molecule has 13 heteroatoms. The molecule has 0 saturated carbocycles. The maximum atomic E-state index is 13.3. The number of halogens is 3. The van der Waals surface area contributed by atoms with E-state index in [2.05, 4.69) is 16.0 Å². The number of nitrogens with one attached hydrogen (secondary N) is 3. The molecule has 0 radical (unpaired) electrons. The van der Waals surface area contributed by atoms with Gasteiger partial charge in [0.2, 0.25) is 5.91 Å². The van der Waals surface area contributed by atoms with Crippen LogP contribution in [0.1, 0.15) is 56.0 Å². The molecule has 0 spiro atoms. The van der Waals surface area contributed by atoms with Gasteiger partial charge in [-0.15, -0.1) is 5.06 Å². The van der Waals surface area contributed by atoms with Crippen LogP contribution >= 0.6 is 0 Å². The predicted octanol–water partition coefficient (Wildman–Crippen LogP) is 2.59. The Kier molecular flexibility index (Phi) is 11.1. The number of hydrogen-bond donors (Lipinski definition) is 4. The highest BCUT2D eigenvalue weighted by Gasteiger charge is 2.32. The van der Waals surface area contributed by atoms with Crippen LogP contribution in [0.25, 0.3) is 0 Å². The quantitative estimate of drug-likeness (QED) is 0.327. The van der Waals surface area contributed by atoms with Gasteiger partial charge >= 0.3 is 12.3 Å². The number of rotatable bonds is 12. The lowest BCUT2D eigenvalue weighted by molar-refractivity contribution is -0.137. The minimum Gasteiger partial charge on any atom is -0.391 e. The standard InChI is InChI=1S/C24H36F3N5O5/c1-5-7-20(33)19(14-31(4)15(2)3)29-21(34)13-28-22(35)17-12-16(24(25,26)27)8-9-18(17)30-23(36)37-32-10-6-11-32/h8-9,12,15,19-20,33H,5-7,10-11,13-14H2,1-4H3,(H,28,35)(H,29,34)(H,30,36)/t19-,20-/m0/s1. The average molecular weight is 532 g/mol. The molecule has 1 fully saturated rings. The summed E-state index contributed by atoms with van der Waals surface area (Å²) in [5.74, 6) is -1.62. The minimum absolute atomic E-state index is 0.160. The van der Waals surface area contributed by atoms with Crippen LogP contribution in [0.15, 0.2) is 18.2 Å². The Morgan fingerprint density at radius 1 is 1.22 bits per heavy atom. The Labute approximate surface area is 214 Å². The fraction of sp³-hybridized carbons (Fsp3) is 0.625. The number of nitrogens with zero attached hydrogens (tertiary/aromatic N) is 2. The summed E-state index contributed by atoms with van der Waals surface area (Å²) in [5.41, 5.74) is -1.78. The molecule has 1 aromatic carbocycles. The van der Waals surface area contributed by atoms with Gasteiger partial charge in [-0.1, -0.05) is 13.3 Å². The number of alkyl halides is 3. The number of anilines is 1. The normalized spacial score (nSPS) is 15.6. The number of amides is 3. The van der Waals surface area contributed by atoms with Crippen molar-refractivity contribution in [2.45, 2.75) is 64.4 Å². The molecule has 1 aliphatic rings. The molecule has 1 heterocycles. The van der Waals surface area contributed by atoms with Gasteiger partial charge in [0.1, 0.15) is 0 Å².